The number of nitriles is 1. The van der Waals surface area contributed by atoms with E-state index in [1.165, 1.54) is 13.0 Å². The first kappa shape index (κ1) is 19.1. The van der Waals surface area contributed by atoms with E-state index in [1.807, 2.05) is 18.2 Å². The number of anilines is 1. The van der Waals surface area contributed by atoms with E-state index in [-0.39, 0.29) is 11.3 Å². The van der Waals surface area contributed by atoms with Gasteiger partial charge in [0.05, 0.1) is 0 Å². The number of rotatable bonds is 4. The van der Waals surface area contributed by atoms with Crippen molar-refractivity contribution >= 4 is 62.2 Å². The molecule has 5 nitrogen and oxygen atoms in total. The van der Waals surface area contributed by atoms with Gasteiger partial charge >= 0.3 is 5.97 Å². The number of carbonyl (C=O) groups is 2. The molecule has 0 atom stereocenters. The zero-order valence-corrected chi connectivity index (χ0v) is 16.8. The van der Waals surface area contributed by atoms with Crippen LogP contribution in [0.1, 0.15) is 12.5 Å². The van der Waals surface area contributed by atoms with Crippen LogP contribution in [0.5, 0.6) is 5.75 Å². The number of nitrogens with zero attached hydrogens (tertiary/aromatic N) is 1. The Kier molecular flexibility index (Phi) is 6.73. The minimum atomic E-state index is -0.544. The van der Waals surface area contributed by atoms with Crippen molar-refractivity contribution in [1.82, 2.24) is 0 Å². The zero-order valence-electron chi connectivity index (χ0n) is 13.0. The molecule has 7 heteroatoms. The molecule has 1 N–H and O–H groups in total. The van der Waals surface area contributed by atoms with E-state index in [9.17, 15) is 14.9 Å². The molecular weight excluding hydrogens is 499 g/mol. The third-order valence-electron chi connectivity index (χ3n) is 2.99. The summed E-state index contributed by atoms with van der Waals surface area (Å²) in [6, 6.07) is 14.0. The molecule has 0 fully saturated rings. The first-order valence-corrected chi connectivity index (χ1v) is 8.93. The van der Waals surface area contributed by atoms with Crippen molar-refractivity contribution in [2.45, 2.75) is 6.92 Å². The molecule has 2 aromatic carbocycles. The van der Waals surface area contributed by atoms with Gasteiger partial charge in [0, 0.05) is 26.2 Å². The molecule has 0 aliphatic rings. The molecule has 0 saturated carbocycles. The summed E-state index contributed by atoms with van der Waals surface area (Å²) < 4.78 is 6.87. The third-order valence-corrected chi connectivity index (χ3v) is 4.20. The number of ether oxygens (including phenoxy) is 1. The monoisotopic (exact) mass is 510 g/mol. The van der Waals surface area contributed by atoms with E-state index in [0.717, 1.165) is 8.04 Å². The number of nitrogens with one attached hydrogen (secondary N) is 1. The predicted molar refractivity (Wildman–Crippen MR) is 107 cm³/mol. The van der Waals surface area contributed by atoms with Gasteiger partial charge in [0.15, 0.2) is 0 Å². The maximum atomic E-state index is 12.3. The first-order chi connectivity index (χ1) is 11.9. The lowest BCUT2D eigenvalue weighted by Gasteiger charge is -2.08. The van der Waals surface area contributed by atoms with Gasteiger partial charge in [-0.25, -0.2) is 0 Å². The molecule has 0 aliphatic carbocycles. The number of halogens is 2. The van der Waals surface area contributed by atoms with Crippen molar-refractivity contribution in [2.75, 3.05) is 5.32 Å². The second-order valence-electron chi connectivity index (χ2n) is 4.91. The topological polar surface area (TPSA) is 79.2 Å². The Morgan fingerprint density at radius 3 is 2.52 bits per heavy atom. The Bertz CT molecular complexity index is 886. The summed E-state index contributed by atoms with van der Waals surface area (Å²) in [5.74, 6) is -0.762. The van der Waals surface area contributed by atoms with Crippen molar-refractivity contribution in [3.05, 3.63) is 61.6 Å². The first-order valence-electron chi connectivity index (χ1n) is 7.05. The average Bonchev–Trinajstić information content (AvgIpc) is 2.56. The Balaban J connectivity index is 2.31. The molecule has 126 valence electrons. The summed E-state index contributed by atoms with van der Waals surface area (Å²) in [6.45, 7) is 1.28. The Hall–Kier alpha value is -2.18. The fourth-order valence-electron chi connectivity index (χ4n) is 1.92. The largest absolute Gasteiger partial charge is 0.426 e. The van der Waals surface area contributed by atoms with E-state index in [1.54, 1.807) is 30.3 Å². The van der Waals surface area contributed by atoms with Gasteiger partial charge in [0.25, 0.3) is 5.91 Å². The maximum Gasteiger partial charge on any atom is 0.308 e. The standard InChI is InChI=1S/C18H12BrIN2O3/c1-11(23)25-17-7-2-14(19)9-12(17)8-13(10-21)18(24)22-16-5-3-15(20)4-6-16/h2-9H,1H3,(H,22,24)/b13-8-. The Morgan fingerprint density at radius 1 is 1.24 bits per heavy atom. The van der Waals surface area contributed by atoms with Gasteiger partial charge in [0.2, 0.25) is 0 Å². The van der Waals surface area contributed by atoms with Crippen LogP contribution in [0.25, 0.3) is 6.08 Å². The van der Waals surface area contributed by atoms with Crippen LogP contribution in [0.2, 0.25) is 0 Å². The number of carbonyl (C=O) groups excluding carboxylic acids is 2. The molecule has 2 aromatic rings. The van der Waals surface area contributed by atoms with E-state index in [0.29, 0.717) is 11.3 Å². The Labute approximate surface area is 166 Å². The highest BCUT2D eigenvalue weighted by atomic mass is 127. The predicted octanol–water partition coefficient (Wildman–Crippen LogP) is 4.52. The van der Waals surface area contributed by atoms with Gasteiger partial charge in [0.1, 0.15) is 17.4 Å². The summed E-state index contributed by atoms with van der Waals surface area (Å²) in [4.78, 5) is 23.5. The molecule has 0 bridgehead atoms. The molecule has 1 amide bonds. The molecule has 0 spiro atoms. The summed E-state index contributed by atoms with van der Waals surface area (Å²) in [5.41, 5.74) is 0.921. The normalized spacial score (nSPS) is 10.7. The number of amides is 1. The summed E-state index contributed by atoms with van der Waals surface area (Å²) in [6.07, 6.45) is 1.38. The van der Waals surface area contributed by atoms with Crippen LogP contribution < -0.4 is 10.1 Å². The van der Waals surface area contributed by atoms with Crippen LogP contribution in [-0.4, -0.2) is 11.9 Å². The van der Waals surface area contributed by atoms with Crippen molar-refractivity contribution in [3.8, 4) is 11.8 Å². The van der Waals surface area contributed by atoms with E-state index in [4.69, 9.17) is 4.74 Å². The molecule has 0 unspecified atom stereocenters. The molecule has 0 heterocycles. The van der Waals surface area contributed by atoms with Crippen LogP contribution in [0.4, 0.5) is 5.69 Å². The van der Waals surface area contributed by atoms with Gasteiger partial charge in [-0.15, -0.1) is 0 Å². The fourth-order valence-corrected chi connectivity index (χ4v) is 2.65. The minimum absolute atomic E-state index is 0.106. The van der Waals surface area contributed by atoms with Crippen molar-refractivity contribution in [1.29, 1.82) is 5.26 Å². The number of esters is 1. The average molecular weight is 511 g/mol. The molecule has 0 aromatic heterocycles. The van der Waals surface area contributed by atoms with Crippen LogP contribution in [0.3, 0.4) is 0 Å². The Morgan fingerprint density at radius 2 is 1.92 bits per heavy atom. The molecule has 0 saturated heterocycles. The smallest absolute Gasteiger partial charge is 0.308 e. The van der Waals surface area contributed by atoms with Gasteiger partial charge in [-0.3, -0.25) is 9.59 Å². The van der Waals surface area contributed by atoms with Crippen LogP contribution >= 0.6 is 38.5 Å². The molecule has 0 aliphatic heterocycles. The van der Waals surface area contributed by atoms with Crippen LogP contribution in [0.15, 0.2) is 52.5 Å². The summed E-state index contributed by atoms with van der Waals surface area (Å²) >= 11 is 5.48. The number of benzene rings is 2. The van der Waals surface area contributed by atoms with Gasteiger partial charge in [-0.1, -0.05) is 15.9 Å². The number of hydrogen-bond acceptors (Lipinski definition) is 4. The third kappa shape index (κ3) is 5.69. The second kappa shape index (κ2) is 8.78. The van der Waals surface area contributed by atoms with Crippen molar-refractivity contribution in [2.24, 2.45) is 0 Å². The molecule has 0 radical (unpaired) electrons. The molecular formula is C18H12BrIN2O3. The van der Waals surface area contributed by atoms with Gasteiger partial charge in [-0.05, 0) is 71.1 Å². The van der Waals surface area contributed by atoms with Crippen molar-refractivity contribution < 1.29 is 14.3 Å². The maximum absolute atomic E-state index is 12.3. The lowest BCUT2D eigenvalue weighted by molar-refractivity contribution is -0.131. The molecule has 25 heavy (non-hydrogen) atoms. The highest BCUT2D eigenvalue weighted by molar-refractivity contribution is 14.1. The van der Waals surface area contributed by atoms with E-state index >= 15 is 0 Å². The van der Waals surface area contributed by atoms with Crippen LogP contribution in [-0.2, 0) is 9.59 Å². The molecule has 2 rings (SSSR count). The lowest BCUT2D eigenvalue weighted by Crippen LogP contribution is -2.13. The highest BCUT2D eigenvalue weighted by Gasteiger charge is 2.12. The highest BCUT2D eigenvalue weighted by Crippen LogP contribution is 2.26. The van der Waals surface area contributed by atoms with Crippen molar-refractivity contribution in [3.63, 3.8) is 0 Å². The van der Waals surface area contributed by atoms with Crippen LogP contribution in [0, 0.1) is 14.9 Å². The summed E-state index contributed by atoms with van der Waals surface area (Å²) in [5, 5.41) is 12.0. The second-order valence-corrected chi connectivity index (χ2v) is 7.07. The SMILES string of the molecule is CC(=O)Oc1ccc(Br)cc1/C=C(/C#N)C(=O)Nc1ccc(I)cc1. The van der Waals surface area contributed by atoms with Gasteiger partial charge in [-0.2, -0.15) is 5.26 Å². The minimum Gasteiger partial charge on any atom is -0.426 e. The van der Waals surface area contributed by atoms with E-state index < -0.39 is 11.9 Å². The zero-order chi connectivity index (χ0) is 18.4. The number of hydrogen-bond donors (Lipinski definition) is 1. The summed E-state index contributed by atoms with van der Waals surface area (Å²) in [7, 11) is 0. The van der Waals surface area contributed by atoms with E-state index in [2.05, 4.69) is 43.8 Å². The van der Waals surface area contributed by atoms with Gasteiger partial charge < -0.3 is 10.1 Å². The quantitative estimate of drug-likeness (QED) is 0.215. The lowest BCUT2D eigenvalue weighted by atomic mass is 10.1. The fraction of sp³-hybridized carbons (Fsp3) is 0.0556.